The van der Waals surface area contributed by atoms with E-state index in [1.54, 1.807) is 43.8 Å². The third-order valence-electron chi connectivity index (χ3n) is 10.8. The number of benzene rings is 1. The molecule has 1 aromatic carbocycles. The van der Waals surface area contributed by atoms with Crippen LogP contribution in [0.15, 0.2) is 30.9 Å². The number of carbonyl (C=O) groups is 1. The number of carbonyl (C=O) groups excluding carboxylic acids is 1. The summed E-state index contributed by atoms with van der Waals surface area (Å²) < 4.78 is 21.6. The molecule has 0 aliphatic carbocycles. The molecule has 1 fully saturated rings. The van der Waals surface area contributed by atoms with Gasteiger partial charge in [-0.05, 0) is 78.7 Å². The monoisotopic (exact) mass is 840 g/mol. The first kappa shape index (κ1) is 40.3. The Morgan fingerprint density at radius 3 is 2.30 bits per heavy atom. The number of nitro benzene ring substituents is 1. The van der Waals surface area contributed by atoms with Crippen molar-refractivity contribution >= 4 is 67.7 Å². The molecule has 0 bridgehead atoms. The molecule has 2 aromatic heterocycles. The summed E-state index contributed by atoms with van der Waals surface area (Å²) in [5.41, 5.74) is -0.0139. The van der Waals surface area contributed by atoms with Crippen molar-refractivity contribution in [2.75, 3.05) is 11.5 Å². The molecule has 1 amide bonds. The van der Waals surface area contributed by atoms with Crippen LogP contribution in [0.5, 0.6) is 0 Å². The molecule has 0 radical (unpaired) electrons. The van der Waals surface area contributed by atoms with Gasteiger partial charge in [-0.3, -0.25) is 19.6 Å². The molecular weight excluding hydrogens is 787 g/mol. The highest BCUT2D eigenvalue weighted by molar-refractivity contribution is 14.1. The van der Waals surface area contributed by atoms with Gasteiger partial charge in [-0.2, -0.15) is 0 Å². The number of halogens is 1. The molecule has 50 heavy (non-hydrogen) atoms. The van der Waals surface area contributed by atoms with Crippen LogP contribution >= 0.6 is 22.6 Å². The molecule has 16 heteroatoms. The Hall–Kier alpha value is -2.52. The molecular formula is C34H53IN6O7Si2. The molecule has 3 aromatic rings. The van der Waals surface area contributed by atoms with E-state index < -0.39 is 50.6 Å². The van der Waals surface area contributed by atoms with Crippen LogP contribution in [0.2, 0.25) is 36.3 Å². The lowest BCUT2D eigenvalue weighted by molar-refractivity contribution is -0.385. The van der Waals surface area contributed by atoms with E-state index in [1.807, 2.05) is 22.6 Å². The Kier molecular flexibility index (Phi) is 11.1. The van der Waals surface area contributed by atoms with E-state index in [2.05, 4.69) is 82.7 Å². The Morgan fingerprint density at radius 2 is 1.74 bits per heavy atom. The van der Waals surface area contributed by atoms with E-state index in [1.165, 1.54) is 17.3 Å². The summed E-state index contributed by atoms with van der Waals surface area (Å²) in [6.07, 6.45) is 1.22. The van der Waals surface area contributed by atoms with Crippen molar-refractivity contribution in [3.8, 4) is 0 Å². The number of aromatic nitrogens is 4. The highest BCUT2D eigenvalue weighted by Gasteiger charge is 2.62. The average molecular weight is 841 g/mol. The summed E-state index contributed by atoms with van der Waals surface area (Å²) in [6.45, 7) is 27.1. The Balaban J connectivity index is 1.80. The molecule has 0 saturated carbocycles. The first-order valence-corrected chi connectivity index (χ1v) is 23.8. The van der Waals surface area contributed by atoms with Crippen LogP contribution in [0.4, 0.5) is 16.3 Å². The number of nitro groups is 1. The molecule has 13 nitrogen and oxygen atoms in total. The van der Waals surface area contributed by atoms with E-state index in [4.69, 9.17) is 13.9 Å². The topological polar surface area (TPSA) is 155 Å². The van der Waals surface area contributed by atoms with Gasteiger partial charge in [-0.15, -0.1) is 0 Å². The molecule has 3 atom stereocenters. The number of hydrogen-bond donors (Lipinski definition) is 1. The molecule has 0 unspecified atom stereocenters. The normalized spacial score (nSPS) is 20.7. The SMILES string of the molecule is CC(C)(C)OC(=O)N(Cc1ccc(I)cc1[N+](=O)[O-])c1ncnc2c1ncn2[C@H]1C[C@@](O)([Si](C)(C)C(C)(C)C)[C@@H](CO[Si](C)(C)C(C)(C)C)O1. The van der Waals surface area contributed by atoms with Gasteiger partial charge in [0.1, 0.15) is 24.3 Å². The van der Waals surface area contributed by atoms with Gasteiger partial charge in [-0.1, -0.05) is 54.6 Å². The Bertz CT molecular complexity index is 1750. The predicted octanol–water partition coefficient (Wildman–Crippen LogP) is 8.37. The Morgan fingerprint density at radius 1 is 1.10 bits per heavy atom. The van der Waals surface area contributed by atoms with Gasteiger partial charge in [0.15, 0.2) is 25.3 Å². The van der Waals surface area contributed by atoms with Crippen molar-refractivity contribution < 1.29 is 28.7 Å². The maximum absolute atomic E-state index is 13.7. The van der Waals surface area contributed by atoms with E-state index >= 15 is 0 Å². The number of ether oxygens (including phenoxy) is 2. The quantitative estimate of drug-likeness (QED) is 0.0962. The van der Waals surface area contributed by atoms with Crippen molar-refractivity contribution in [1.82, 2.24) is 19.5 Å². The molecule has 276 valence electrons. The number of hydrogen-bond acceptors (Lipinski definition) is 10. The molecule has 1 N–H and O–H groups in total. The standard InChI is InChI=1S/C34H53IN6O7Si2/c1-31(2,3)48-30(42)39(18-22-14-15-23(35)16-24(22)41(44)45)28-27-29(37-20-36-28)40(21-38-27)26-17-34(43,49(10,11)32(4,5)6)25(47-26)19-46-50(12,13)33(7,8)9/h14-16,20-21,25-26,43H,17-19H2,1-13H3/t25-,26-,34-/m1/s1. The van der Waals surface area contributed by atoms with Crippen molar-refractivity contribution in [3.63, 3.8) is 0 Å². The van der Waals surface area contributed by atoms with Crippen LogP contribution in [-0.2, 0) is 20.4 Å². The average Bonchev–Trinajstić information content (AvgIpc) is 3.55. The number of aliphatic hydroxyl groups is 1. The second-order valence-corrected chi connectivity index (χ2v) is 28.9. The van der Waals surface area contributed by atoms with E-state index in [0.717, 1.165) is 0 Å². The fraction of sp³-hybridized carbons (Fsp3) is 0.647. The zero-order valence-electron chi connectivity index (χ0n) is 31.6. The van der Waals surface area contributed by atoms with Crippen LogP contribution in [0.1, 0.15) is 80.5 Å². The van der Waals surface area contributed by atoms with Gasteiger partial charge < -0.3 is 19.0 Å². The van der Waals surface area contributed by atoms with Crippen LogP contribution in [-0.4, -0.2) is 75.6 Å². The van der Waals surface area contributed by atoms with Crippen molar-refractivity contribution in [2.45, 2.75) is 135 Å². The number of nitrogens with zero attached hydrogens (tertiary/aromatic N) is 6. The maximum Gasteiger partial charge on any atom is 0.416 e. The first-order valence-electron chi connectivity index (χ1n) is 16.8. The summed E-state index contributed by atoms with van der Waals surface area (Å²) >= 11 is 2.01. The smallest absolute Gasteiger partial charge is 0.416 e. The highest BCUT2D eigenvalue weighted by atomic mass is 127. The molecule has 0 spiro atoms. The van der Waals surface area contributed by atoms with Crippen LogP contribution in [0, 0.1) is 13.7 Å². The maximum atomic E-state index is 13.7. The second kappa shape index (κ2) is 13.8. The third kappa shape index (κ3) is 7.94. The lowest BCUT2D eigenvalue weighted by Crippen LogP contribution is -2.65. The van der Waals surface area contributed by atoms with Gasteiger partial charge in [0.25, 0.3) is 5.69 Å². The van der Waals surface area contributed by atoms with Crippen LogP contribution < -0.4 is 4.90 Å². The number of amides is 1. The molecule has 1 aliphatic rings. The number of rotatable bonds is 9. The van der Waals surface area contributed by atoms with E-state index in [0.29, 0.717) is 21.2 Å². The van der Waals surface area contributed by atoms with Crippen molar-refractivity contribution in [3.05, 3.63) is 50.1 Å². The van der Waals surface area contributed by atoms with Crippen molar-refractivity contribution in [1.29, 1.82) is 0 Å². The number of fused-ring (bicyclic) bond motifs is 1. The van der Waals surface area contributed by atoms with Gasteiger partial charge in [-0.25, -0.2) is 19.7 Å². The molecule has 4 rings (SSSR count). The lowest BCUT2D eigenvalue weighted by atomic mass is 10.1. The summed E-state index contributed by atoms with van der Waals surface area (Å²) in [4.78, 5) is 40.2. The minimum atomic E-state index is -2.48. The molecule has 1 aliphatic heterocycles. The fourth-order valence-corrected chi connectivity index (χ4v) is 10.1. The number of anilines is 1. The van der Waals surface area contributed by atoms with Crippen molar-refractivity contribution in [2.24, 2.45) is 0 Å². The van der Waals surface area contributed by atoms with Gasteiger partial charge >= 0.3 is 6.09 Å². The minimum Gasteiger partial charge on any atom is -0.443 e. The number of imidazole rings is 1. The highest BCUT2D eigenvalue weighted by Crippen LogP contribution is 2.52. The lowest BCUT2D eigenvalue weighted by Gasteiger charge is -2.49. The fourth-order valence-electron chi connectivity index (χ4n) is 5.70. The van der Waals surface area contributed by atoms with Crippen LogP contribution in [0.3, 0.4) is 0 Å². The molecule has 3 heterocycles. The zero-order valence-corrected chi connectivity index (χ0v) is 35.8. The van der Waals surface area contributed by atoms with Gasteiger partial charge in [0.05, 0.1) is 37.7 Å². The van der Waals surface area contributed by atoms with Crippen LogP contribution in [0.25, 0.3) is 11.2 Å². The predicted molar refractivity (Wildman–Crippen MR) is 207 cm³/mol. The second-order valence-electron chi connectivity index (χ2n) is 17.3. The van der Waals surface area contributed by atoms with E-state index in [-0.39, 0.29) is 40.3 Å². The van der Waals surface area contributed by atoms with Gasteiger partial charge in [0.2, 0.25) is 0 Å². The first-order chi connectivity index (χ1) is 22.7. The summed E-state index contributed by atoms with van der Waals surface area (Å²) in [7, 11) is -4.65. The largest absolute Gasteiger partial charge is 0.443 e. The summed E-state index contributed by atoms with van der Waals surface area (Å²) in [5.74, 6) is 0.131. The summed E-state index contributed by atoms with van der Waals surface area (Å²) in [6, 6.07) is 4.82. The third-order valence-corrected chi connectivity index (χ3v) is 22.4. The van der Waals surface area contributed by atoms with Gasteiger partial charge in [0, 0.05) is 21.6 Å². The molecule has 1 saturated heterocycles. The summed E-state index contributed by atoms with van der Waals surface area (Å²) in [5, 5.41) is 23.4. The Labute approximate surface area is 310 Å². The minimum absolute atomic E-state index is 0.0212. The zero-order chi connectivity index (χ0) is 37.8. The van der Waals surface area contributed by atoms with E-state index in [9.17, 15) is 20.0 Å².